The van der Waals surface area contributed by atoms with Gasteiger partial charge in [-0.05, 0) is 38.4 Å². The molecule has 0 bridgehead atoms. The van der Waals surface area contributed by atoms with E-state index in [2.05, 4.69) is 57.9 Å². The molecule has 1 fully saturated rings. The highest BCUT2D eigenvalue weighted by Gasteiger charge is 2.27. The van der Waals surface area contributed by atoms with Gasteiger partial charge in [-0.1, -0.05) is 24.6 Å². The van der Waals surface area contributed by atoms with Crippen LogP contribution < -0.4 is 0 Å². The third-order valence-corrected chi connectivity index (χ3v) is 5.60. The number of thioether (sulfide) groups is 1. The molecule has 0 radical (unpaired) electrons. The van der Waals surface area contributed by atoms with E-state index >= 15 is 0 Å². The van der Waals surface area contributed by atoms with Gasteiger partial charge in [0.25, 0.3) is 0 Å². The second-order valence-electron chi connectivity index (χ2n) is 6.01. The molecule has 1 aromatic carbocycles. The van der Waals surface area contributed by atoms with Crippen LogP contribution in [-0.4, -0.2) is 39.3 Å². The molecule has 3 nitrogen and oxygen atoms in total. The molecule has 0 N–H and O–H groups in total. The van der Waals surface area contributed by atoms with Gasteiger partial charge < -0.3 is 4.57 Å². The van der Waals surface area contributed by atoms with Crippen LogP contribution in [-0.2, 0) is 0 Å². The second-order valence-corrected chi connectivity index (χ2v) is 7.18. The van der Waals surface area contributed by atoms with E-state index < -0.39 is 0 Å². The Balaban J connectivity index is 1.56. The van der Waals surface area contributed by atoms with E-state index in [0.717, 1.165) is 5.75 Å². The highest BCUT2D eigenvalue weighted by molar-refractivity contribution is 7.99. The number of benzene rings is 1. The Morgan fingerprint density at radius 2 is 2.14 bits per heavy atom. The molecule has 0 saturated carbocycles. The molecule has 118 valence electrons. The average molecular weight is 315 g/mol. The van der Waals surface area contributed by atoms with E-state index in [4.69, 9.17) is 0 Å². The van der Waals surface area contributed by atoms with Crippen LogP contribution in [0.2, 0.25) is 0 Å². The quantitative estimate of drug-likeness (QED) is 0.749. The molecule has 0 aliphatic carbocycles. The first-order valence-electron chi connectivity index (χ1n) is 8.24. The SMILES string of the molecule is CC(C1CCCCN1CCSc1ccccc1)n1ccnc1. The van der Waals surface area contributed by atoms with Gasteiger partial charge in [-0.25, -0.2) is 4.98 Å². The minimum Gasteiger partial charge on any atom is -0.333 e. The first-order valence-corrected chi connectivity index (χ1v) is 9.22. The Bertz CT molecular complexity index is 541. The van der Waals surface area contributed by atoms with Crippen LogP contribution in [0.4, 0.5) is 0 Å². The fourth-order valence-corrected chi connectivity index (χ4v) is 4.26. The summed E-state index contributed by atoms with van der Waals surface area (Å²) in [5.74, 6) is 1.16. The summed E-state index contributed by atoms with van der Waals surface area (Å²) >= 11 is 1.96. The molecule has 2 heterocycles. The van der Waals surface area contributed by atoms with Crippen molar-refractivity contribution in [3.05, 3.63) is 49.1 Å². The van der Waals surface area contributed by atoms with E-state index in [0.29, 0.717) is 12.1 Å². The molecule has 1 aromatic heterocycles. The molecule has 1 saturated heterocycles. The van der Waals surface area contributed by atoms with Crippen molar-refractivity contribution in [1.82, 2.24) is 14.5 Å². The number of nitrogens with zero attached hydrogens (tertiary/aromatic N) is 3. The Labute approximate surface area is 137 Å². The molecule has 0 amide bonds. The van der Waals surface area contributed by atoms with E-state index in [9.17, 15) is 0 Å². The molecular weight excluding hydrogens is 290 g/mol. The van der Waals surface area contributed by atoms with Crippen LogP contribution in [0.5, 0.6) is 0 Å². The predicted molar refractivity (Wildman–Crippen MR) is 93.3 cm³/mol. The smallest absolute Gasteiger partial charge is 0.0948 e. The summed E-state index contributed by atoms with van der Waals surface area (Å²) in [5, 5.41) is 0. The minimum atomic E-state index is 0.504. The Hall–Kier alpha value is -1.26. The summed E-state index contributed by atoms with van der Waals surface area (Å²) in [5.41, 5.74) is 0. The molecule has 1 aliphatic heterocycles. The number of hydrogen-bond donors (Lipinski definition) is 0. The number of rotatable bonds is 6. The van der Waals surface area contributed by atoms with Crippen molar-refractivity contribution in [3.8, 4) is 0 Å². The Morgan fingerprint density at radius 1 is 1.27 bits per heavy atom. The van der Waals surface area contributed by atoms with Crippen molar-refractivity contribution < 1.29 is 0 Å². The van der Waals surface area contributed by atoms with Crippen LogP contribution in [0.3, 0.4) is 0 Å². The first kappa shape index (κ1) is 15.6. The number of likely N-dealkylation sites (tertiary alicyclic amines) is 1. The third kappa shape index (κ3) is 3.93. The Kier molecular flexibility index (Phi) is 5.57. The normalized spacial score (nSPS) is 20.9. The highest BCUT2D eigenvalue weighted by Crippen LogP contribution is 2.27. The van der Waals surface area contributed by atoms with Crippen LogP contribution in [0, 0.1) is 0 Å². The summed E-state index contributed by atoms with van der Waals surface area (Å²) in [6, 6.07) is 11.9. The van der Waals surface area contributed by atoms with Crippen molar-refractivity contribution in [2.75, 3.05) is 18.8 Å². The van der Waals surface area contributed by atoms with Gasteiger partial charge in [-0.2, -0.15) is 0 Å². The highest BCUT2D eigenvalue weighted by atomic mass is 32.2. The number of hydrogen-bond acceptors (Lipinski definition) is 3. The average Bonchev–Trinajstić information content (AvgIpc) is 3.10. The van der Waals surface area contributed by atoms with E-state index in [1.807, 2.05) is 24.3 Å². The fraction of sp³-hybridized carbons (Fsp3) is 0.500. The lowest BCUT2D eigenvalue weighted by Gasteiger charge is -2.39. The molecule has 2 aromatic rings. The molecule has 1 aliphatic rings. The maximum Gasteiger partial charge on any atom is 0.0948 e. The minimum absolute atomic E-state index is 0.504. The number of aromatic nitrogens is 2. The Morgan fingerprint density at radius 3 is 2.91 bits per heavy atom. The van der Waals surface area contributed by atoms with Gasteiger partial charge in [0.05, 0.1) is 6.33 Å². The van der Waals surface area contributed by atoms with Crippen LogP contribution >= 0.6 is 11.8 Å². The lowest BCUT2D eigenvalue weighted by molar-refractivity contribution is 0.116. The van der Waals surface area contributed by atoms with Gasteiger partial charge in [0.15, 0.2) is 0 Å². The summed E-state index contributed by atoms with van der Waals surface area (Å²) in [4.78, 5) is 8.26. The zero-order valence-electron chi connectivity index (χ0n) is 13.3. The lowest BCUT2D eigenvalue weighted by atomic mass is 9.96. The van der Waals surface area contributed by atoms with Crippen molar-refractivity contribution in [2.24, 2.45) is 0 Å². The topological polar surface area (TPSA) is 21.1 Å². The van der Waals surface area contributed by atoms with Gasteiger partial charge in [0.2, 0.25) is 0 Å². The first-order chi connectivity index (χ1) is 10.8. The van der Waals surface area contributed by atoms with E-state index in [1.165, 1.54) is 37.2 Å². The van der Waals surface area contributed by atoms with Gasteiger partial charge >= 0.3 is 0 Å². The molecule has 3 rings (SSSR count). The molecule has 22 heavy (non-hydrogen) atoms. The predicted octanol–water partition coefficient (Wildman–Crippen LogP) is 4.09. The largest absolute Gasteiger partial charge is 0.333 e. The van der Waals surface area contributed by atoms with Gasteiger partial charge in [-0.3, -0.25) is 4.90 Å². The van der Waals surface area contributed by atoms with Crippen LogP contribution in [0.25, 0.3) is 0 Å². The molecule has 2 unspecified atom stereocenters. The second kappa shape index (κ2) is 7.84. The monoisotopic (exact) mass is 315 g/mol. The van der Waals surface area contributed by atoms with E-state index in [1.54, 1.807) is 0 Å². The summed E-state index contributed by atoms with van der Waals surface area (Å²) < 4.78 is 2.26. The maximum atomic E-state index is 4.21. The van der Waals surface area contributed by atoms with Crippen LogP contribution in [0.15, 0.2) is 53.9 Å². The number of imidazole rings is 1. The van der Waals surface area contributed by atoms with Crippen molar-refractivity contribution in [3.63, 3.8) is 0 Å². The van der Waals surface area contributed by atoms with Crippen molar-refractivity contribution >= 4 is 11.8 Å². The lowest BCUT2D eigenvalue weighted by Crippen LogP contribution is -2.44. The molecule has 0 spiro atoms. The zero-order chi connectivity index (χ0) is 15.2. The van der Waals surface area contributed by atoms with Crippen molar-refractivity contribution in [1.29, 1.82) is 0 Å². The molecule has 4 heteroatoms. The van der Waals surface area contributed by atoms with E-state index in [-0.39, 0.29) is 0 Å². The van der Waals surface area contributed by atoms with Crippen LogP contribution in [0.1, 0.15) is 32.2 Å². The fourth-order valence-electron chi connectivity index (χ4n) is 3.35. The maximum absolute atomic E-state index is 4.21. The summed E-state index contributed by atoms with van der Waals surface area (Å²) in [6.45, 7) is 4.73. The van der Waals surface area contributed by atoms with Gasteiger partial charge in [0.1, 0.15) is 0 Å². The molecule has 2 atom stereocenters. The summed E-state index contributed by atoms with van der Waals surface area (Å²) in [6.07, 6.45) is 9.92. The van der Waals surface area contributed by atoms with Gasteiger partial charge in [-0.15, -0.1) is 11.8 Å². The molecular formula is C18H25N3S. The summed E-state index contributed by atoms with van der Waals surface area (Å²) in [7, 11) is 0. The van der Waals surface area contributed by atoms with Gasteiger partial charge in [0, 0.05) is 41.7 Å². The number of piperidine rings is 1. The third-order valence-electron chi connectivity index (χ3n) is 4.61. The zero-order valence-corrected chi connectivity index (χ0v) is 14.1. The van der Waals surface area contributed by atoms with Crippen molar-refractivity contribution in [2.45, 2.75) is 43.2 Å². The standard InChI is InChI=1S/C18H25N3S/c1-16(21-12-10-19-15-21)18-9-5-6-11-20(18)13-14-22-17-7-3-2-4-8-17/h2-4,7-8,10,12,15-16,18H,5-6,9,11,13-14H2,1H3.